The monoisotopic (exact) mass is 462 g/mol. The summed E-state index contributed by atoms with van der Waals surface area (Å²) in [6.45, 7) is 6.30. The van der Waals surface area contributed by atoms with Crippen LogP contribution in [0.4, 0.5) is 4.79 Å². The van der Waals surface area contributed by atoms with E-state index in [2.05, 4.69) is 28.6 Å². The van der Waals surface area contributed by atoms with Crippen molar-refractivity contribution in [1.82, 2.24) is 20.5 Å². The number of allylic oxidation sites excluding steroid dienone is 1. The highest BCUT2D eigenvalue weighted by atomic mass is 32.1. The molecule has 0 spiro atoms. The van der Waals surface area contributed by atoms with Crippen LogP contribution in [0.15, 0.2) is 17.0 Å². The van der Waals surface area contributed by atoms with E-state index in [9.17, 15) is 9.59 Å². The molecule has 0 saturated carbocycles. The molecule has 0 aromatic carbocycles. The number of urea groups is 1. The number of nitrogens with zero attached hydrogens (tertiary/aromatic N) is 2. The van der Waals surface area contributed by atoms with Gasteiger partial charge in [-0.15, -0.1) is 11.3 Å². The normalized spacial score (nSPS) is 17.2. The van der Waals surface area contributed by atoms with Gasteiger partial charge in [-0.2, -0.15) is 0 Å². The molecule has 8 heteroatoms. The zero-order chi connectivity index (χ0) is 22.6. The Bertz CT molecular complexity index is 756. The van der Waals surface area contributed by atoms with E-state index in [0.29, 0.717) is 24.8 Å². The SMILES string of the molecule is CCCOCCCNC(=O)c1csc(C2CCN(C(=O)NCCC3=CCCCC3)CC2)n1. The van der Waals surface area contributed by atoms with Crippen molar-refractivity contribution in [3.63, 3.8) is 0 Å². The zero-order valence-corrected chi connectivity index (χ0v) is 20.2. The van der Waals surface area contributed by atoms with E-state index >= 15 is 0 Å². The lowest BCUT2D eigenvalue weighted by Crippen LogP contribution is -2.44. The molecule has 0 unspecified atom stereocenters. The van der Waals surface area contributed by atoms with Gasteiger partial charge < -0.3 is 20.3 Å². The van der Waals surface area contributed by atoms with Crippen molar-refractivity contribution in [1.29, 1.82) is 0 Å². The van der Waals surface area contributed by atoms with Crippen LogP contribution in [0.1, 0.15) is 86.1 Å². The lowest BCUT2D eigenvalue weighted by Gasteiger charge is -2.31. The summed E-state index contributed by atoms with van der Waals surface area (Å²) in [7, 11) is 0. The largest absolute Gasteiger partial charge is 0.381 e. The van der Waals surface area contributed by atoms with E-state index in [1.54, 1.807) is 11.3 Å². The van der Waals surface area contributed by atoms with E-state index in [1.165, 1.54) is 31.3 Å². The predicted molar refractivity (Wildman–Crippen MR) is 128 cm³/mol. The second-order valence-electron chi connectivity index (χ2n) is 8.64. The molecule has 7 nitrogen and oxygen atoms in total. The summed E-state index contributed by atoms with van der Waals surface area (Å²) in [5, 5.41) is 8.85. The third kappa shape index (κ3) is 7.89. The van der Waals surface area contributed by atoms with Crippen LogP contribution >= 0.6 is 11.3 Å². The molecule has 32 heavy (non-hydrogen) atoms. The van der Waals surface area contributed by atoms with E-state index in [0.717, 1.165) is 63.4 Å². The van der Waals surface area contributed by atoms with Gasteiger partial charge in [0, 0.05) is 50.7 Å². The number of carbonyl (C=O) groups excluding carboxylic acids is 2. The molecule has 3 rings (SSSR count). The third-order valence-electron chi connectivity index (χ3n) is 6.09. The van der Waals surface area contributed by atoms with Crippen LogP contribution < -0.4 is 10.6 Å². The number of aromatic nitrogens is 1. The van der Waals surface area contributed by atoms with Gasteiger partial charge in [-0.25, -0.2) is 9.78 Å². The average molecular weight is 463 g/mol. The van der Waals surface area contributed by atoms with Crippen molar-refractivity contribution in [3.8, 4) is 0 Å². The predicted octanol–water partition coefficient (Wildman–Crippen LogP) is 4.47. The Balaban J connectivity index is 1.34. The molecule has 1 aliphatic heterocycles. The van der Waals surface area contributed by atoms with Crippen LogP contribution in [-0.2, 0) is 4.74 Å². The number of thiazole rings is 1. The Labute approximate surface area is 196 Å². The molecule has 3 amide bonds. The van der Waals surface area contributed by atoms with Crippen LogP contribution in [0, 0.1) is 0 Å². The van der Waals surface area contributed by atoms with E-state index < -0.39 is 0 Å². The molecule has 2 N–H and O–H groups in total. The van der Waals surface area contributed by atoms with Gasteiger partial charge in [-0.1, -0.05) is 18.6 Å². The highest BCUT2D eigenvalue weighted by Crippen LogP contribution is 2.30. The first-order chi connectivity index (χ1) is 15.7. The second kappa shape index (κ2) is 13.6. The zero-order valence-electron chi connectivity index (χ0n) is 19.4. The number of hydrogen-bond donors (Lipinski definition) is 2. The number of rotatable bonds is 11. The summed E-state index contributed by atoms with van der Waals surface area (Å²) < 4.78 is 5.43. The summed E-state index contributed by atoms with van der Waals surface area (Å²) in [5.41, 5.74) is 1.99. The maximum Gasteiger partial charge on any atom is 0.317 e. The summed E-state index contributed by atoms with van der Waals surface area (Å²) in [4.78, 5) is 31.3. The van der Waals surface area contributed by atoms with E-state index in [4.69, 9.17) is 4.74 Å². The Morgan fingerprint density at radius 1 is 1.19 bits per heavy atom. The maximum atomic E-state index is 12.5. The topological polar surface area (TPSA) is 83.6 Å². The van der Waals surface area contributed by atoms with Gasteiger partial charge in [0.2, 0.25) is 0 Å². The fourth-order valence-electron chi connectivity index (χ4n) is 4.20. The molecule has 1 saturated heterocycles. The molecule has 1 fully saturated rings. The molecule has 1 aromatic rings. The number of piperidine rings is 1. The fourth-order valence-corrected chi connectivity index (χ4v) is 5.17. The number of carbonyl (C=O) groups is 2. The minimum Gasteiger partial charge on any atom is -0.381 e. The van der Waals surface area contributed by atoms with Crippen molar-refractivity contribution in [2.45, 2.75) is 70.6 Å². The molecule has 2 heterocycles. The summed E-state index contributed by atoms with van der Waals surface area (Å²) in [6, 6.07) is 0.0435. The first kappa shape index (κ1) is 24.7. The van der Waals surface area contributed by atoms with Gasteiger partial charge in [0.15, 0.2) is 0 Å². The summed E-state index contributed by atoms with van der Waals surface area (Å²) in [5.74, 6) is 0.202. The quantitative estimate of drug-likeness (QED) is 0.375. The van der Waals surface area contributed by atoms with Crippen LogP contribution in [-0.4, -0.2) is 61.2 Å². The molecule has 1 aliphatic carbocycles. The van der Waals surface area contributed by atoms with Crippen molar-refractivity contribution in [2.75, 3.05) is 39.4 Å². The fraction of sp³-hybridized carbons (Fsp3) is 0.708. The van der Waals surface area contributed by atoms with Crippen LogP contribution in [0.25, 0.3) is 0 Å². The summed E-state index contributed by atoms with van der Waals surface area (Å²) in [6.07, 6.45) is 11.9. The van der Waals surface area contributed by atoms with Gasteiger partial charge >= 0.3 is 6.03 Å². The van der Waals surface area contributed by atoms with Crippen LogP contribution in [0.2, 0.25) is 0 Å². The smallest absolute Gasteiger partial charge is 0.317 e. The van der Waals surface area contributed by atoms with Crippen LogP contribution in [0.3, 0.4) is 0 Å². The third-order valence-corrected chi connectivity index (χ3v) is 7.10. The molecule has 0 atom stereocenters. The van der Waals surface area contributed by atoms with Gasteiger partial charge in [-0.3, -0.25) is 4.79 Å². The number of likely N-dealkylation sites (tertiary alicyclic amines) is 1. The number of amides is 3. The Morgan fingerprint density at radius 3 is 2.78 bits per heavy atom. The highest BCUT2D eigenvalue weighted by molar-refractivity contribution is 7.09. The Kier molecular flexibility index (Phi) is 10.5. The first-order valence-corrected chi connectivity index (χ1v) is 13.1. The minimum absolute atomic E-state index is 0.0435. The van der Waals surface area contributed by atoms with Gasteiger partial charge in [0.05, 0.1) is 5.01 Å². The molecular formula is C24H38N4O3S. The molecule has 0 radical (unpaired) electrons. The Hall–Kier alpha value is -1.93. The standard InChI is InChI=1S/C24H38N4O3S/c1-2-16-31-17-6-12-25-22(29)21-18-32-23(27-21)20-10-14-28(15-11-20)24(30)26-13-9-19-7-4-3-5-8-19/h7,18,20H,2-6,8-17H2,1H3,(H,25,29)(H,26,30). The van der Waals surface area contributed by atoms with Crippen molar-refractivity contribution >= 4 is 23.3 Å². The van der Waals surface area contributed by atoms with E-state index in [1.807, 2.05) is 10.3 Å². The van der Waals surface area contributed by atoms with Crippen molar-refractivity contribution in [2.24, 2.45) is 0 Å². The lowest BCUT2D eigenvalue weighted by atomic mass is 9.97. The number of ether oxygens (including phenoxy) is 1. The lowest BCUT2D eigenvalue weighted by molar-refractivity contribution is 0.0937. The molecule has 0 bridgehead atoms. The number of hydrogen-bond acceptors (Lipinski definition) is 5. The first-order valence-electron chi connectivity index (χ1n) is 12.2. The maximum absolute atomic E-state index is 12.5. The van der Waals surface area contributed by atoms with Crippen LogP contribution in [0.5, 0.6) is 0 Å². The minimum atomic E-state index is -0.118. The van der Waals surface area contributed by atoms with Crippen molar-refractivity contribution in [3.05, 3.63) is 27.7 Å². The van der Waals surface area contributed by atoms with Gasteiger partial charge in [-0.05, 0) is 57.8 Å². The van der Waals surface area contributed by atoms with Gasteiger partial charge in [0.1, 0.15) is 5.69 Å². The van der Waals surface area contributed by atoms with Crippen molar-refractivity contribution < 1.29 is 14.3 Å². The molecular weight excluding hydrogens is 424 g/mol. The molecule has 178 valence electrons. The second-order valence-corrected chi connectivity index (χ2v) is 9.53. The number of nitrogens with one attached hydrogen (secondary N) is 2. The highest BCUT2D eigenvalue weighted by Gasteiger charge is 2.26. The average Bonchev–Trinajstić information content (AvgIpc) is 3.32. The molecule has 2 aliphatic rings. The van der Waals surface area contributed by atoms with E-state index in [-0.39, 0.29) is 11.9 Å². The molecule has 1 aromatic heterocycles. The summed E-state index contributed by atoms with van der Waals surface area (Å²) >= 11 is 1.55. The Morgan fingerprint density at radius 2 is 2.03 bits per heavy atom. The van der Waals surface area contributed by atoms with Gasteiger partial charge in [0.25, 0.3) is 5.91 Å².